The van der Waals surface area contributed by atoms with Crippen LogP contribution in [0, 0.1) is 0 Å². The Morgan fingerprint density at radius 2 is 1.75 bits per heavy atom. The van der Waals surface area contributed by atoms with Crippen molar-refractivity contribution in [3.63, 3.8) is 0 Å². The predicted molar refractivity (Wildman–Crippen MR) is 111 cm³/mol. The van der Waals surface area contributed by atoms with E-state index in [1.54, 1.807) is 24.4 Å². The lowest BCUT2D eigenvalue weighted by atomic mass is 10.2. The molecule has 1 aromatic carbocycles. The molecule has 2 aromatic rings. The molecule has 3 heterocycles. The zero-order chi connectivity index (χ0) is 19.3. The van der Waals surface area contributed by atoms with Crippen LogP contribution in [0.15, 0.2) is 29.4 Å². The van der Waals surface area contributed by atoms with Gasteiger partial charge >= 0.3 is 0 Å². The van der Waals surface area contributed by atoms with Crippen molar-refractivity contribution >= 4 is 23.8 Å². The number of nitrogens with zero attached hydrogens (tertiary/aromatic N) is 5. The molecule has 0 amide bonds. The van der Waals surface area contributed by atoms with Gasteiger partial charge in [0.1, 0.15) is 5.82 Å². The van der Waals surface area contributed by atoms with Crippen LogP contribution < -0.4 is 20.0 Å². The summed E-state index contributed by atoms with van der Waals surface area (Å²) in [5.41, 5.74) is 3.85. The zero-order valence-electron chi connectivity index (χ0n) is 16.1. The summed E-state index contributed by atoms with van der Waals surface area (Å²) >= 11 is 0. The van der Waals surface area contributed by atoms with Gasteiger partial charge in [-0.2, -0.15) is 15.1 Å². The first-order valence-corrected chi connectivity index (χ1v) is 9.78. The number of ether oxygens (including phenoxy) is 1. The molecule has 148 valence electrons. The summed E-state index contributed by atoms with van der Waals surface area (Å²) in [4.78, 5) is 14.0. The maximum Gasteiger partial charge on any atom is 0.229 e. The Kier molecular flexibility index (Phi) is 5.45. The number of rotatable bonds is 6. The van der Waals surface area contributed by atoms with Crippen LogP contribution in [0.25, 0.3) is 0 Å². The number of hydrogen-bond donors (Lipinski definition) is 2. The number of aromatic hydroxyl groups is 1. The van der Waals surface area contributed by atoms with Gasteiger partial charge in [-0.05, 0) is 49.4 Å². The summed E-state index contributed by atoms with van der Waals surface area (Å²) in [6.07, 6.45) is 6.44. The fraction of sp³-hybridized carbons (Fsp3) is 0.450. The molecule has 0 unspecified atom stereocenters. The number of benzene rings is 1. The summed E-state index contributed by atoms with van der Waals surface area (Å²) in [7, 11) is 1.52. The molecule has 0 spiro atoms. The number of methoxy groups -OCH3 is 1. The summed E-state index contributed by atoms with van der Waals surface area (Å²) < 4.78 is 5.13. The summed E-state index contributed by atoms with van der Waals surface area (Å²) in [5.74, 6) is 2.93. The fourth-order valence-corrected chi connectivity index (χ4v) is 3.59. The third-order valence-corrected chi connectivity index (χ3v) is 5.12. The predicted octanol–water partition coefficient (Wildman–Crippen LogP) is 2.84. The van der Waals surface area contributed by atoms with Crippen LogP contribution in [0.4, 0.5) is 17.6 Å². The molecule has 2 aliphatic rings. The molecule has 2 saturated heterocycles. The zero-order valence-corrected chi connectivity index (χ0v) is 16.1. The monoisotopic (exact) mass is 382 g/mol. The van der Waals surface area contributed by atoms with Crippen molar-refractivity contribution in [1.29, 1.82) is 0 Å². The van der Waals surface area contributed by atoms with Crippen molar-refractivity contribution < 1.29 is 9.84 Å². The standard InChI is InChI=1S/C20H26N6O2/c1-28-17-12-15(6-7-16(17)27)14-21-24-18-13-19(25-8-2-3-9-25)23-20(22-18)26-10-4-5-11-26/h6-7,12-14,27H,2-5,8-11H2,1H3,(H,22,23,24). The maximum absolute atomic E-state index is 9.70. The quantitative estimate of drug-likeness (QED) is 0.587. The first-order valence-electron chi connectivity index (χ1n) is 9.78. The largest absolute Gasteiger partial charge is 0.504 e. The molecule has 4 rings (SSSR count). The lowest BCUT2D eigenvalue weighted by Gasteiger charge is -2.21. The molecule has 8 nitrogen and oxygen atoms in total. The molecule has 2 fully saturated rings. The molecule has 0 saturated carbocycles. The van der Waals surface area contributed by atoms with Gasteiger partial charge in [-0.15, -0.1) is 0 Å². The lowest BCUT2D eigenvalue weighted by Crippen LogP contribution is -2.24. The van der Waals surface area contributed by atoms with Crippen LogP contribution in [0.5, 0.6) is 11.5 Å². The molecular weight excluding hydrogens is 356 g/mol. The second-order valence-corrected chi connectivity index (χ2v) is 7.10. The molecule has 2 aliphatic heterocycles. The third kappa shape index (κ3) is 4.11. The number of nitrogens with one attached hydrogen (secondary N) is 1. The summed E-state index contributed by atoms with van der Waals surface area (Å²) in [6.45, 7) is 4.07. The van der Waals surface area contributed by atoms with Crippen molar-refractivity contribution in [3.05, 3.63) is 29.8 Å². The van der Waals surface area contributed by atoms with Gasteiger partial charge < -0.3 is 19.6 Å². The van der Waals surface area contributed by atoms with E-state index >= 15 is 0 Å². The number of hydrogen-bond acceptors (Lipinski definition) is 8. The minimum Gasteiger partial charge on any atom is -0.504 e. The van der Waals surface area contributed by atoms with Gasteiger partial charge in [-0.3, -0.25) is 5.43 Å². The lowest BCUT2D eigenvalue weighted by molar-refractivity contribution is 0.373. The van der Waals surface area contributed by atoms with Crippen LogP contribution >= 0.6 is 0 Å². The Balaban J connectivity index is 1.54. The Bertz CT molecular complexity index is 810. The van der Waals surface area contributed by atoms with Gasteiger partial charge in [0.2, 0.25) is 5.95 Å². The second kappa shape index (κ2) is 8.33. The Labute approximate surface area is 164 Å². The van der Waals surface area contributed by atoms with Gasteiger partial charge in [-0.25, -0.2) is 0 Å². The van der Waals surface area contributed by atoms with E-state index in [0.717, 1.165) is 43.5 Å². The second-order valence-electron chi connectivity index (χ2n) is 7.10. The molecule has 0 aliphatic carbocycles. The smallest absolute Gasteiger partial charge is 0.229 e. The highest BCUT2D eigenvalue weighted by Crippen LogP contribution is 2.27. The van der Waals surface area contributed by atoms with Crippen molar-refractivity contribution in [3.8, 4) is 11.5 Å². The fourth-order valence-electron chi connectivity index (χ4n) is 3.59. The van der Waals surface area contributed by atoms with Gasteiger partial charge in [0.15, 0.2) is 17.3 Å². The Hall–Kier alpha value is -3.03. The van der Waals surface area contributed by atoms with Gasteiger partial charge in [0.25, 0.3) is 0 Å². The first-order chi connectivity index (χ1) is 13.7. The highest BCUT2D eigenvalue weighted by molar-refractivity contribution is 5.81. The minimum atomic E-state index is 0.105. The number of aromatic nitrogens is 2. The van der Waals surface area contributed by atoms with Crippen LogP contribution in [-0.4, -0.2) is 54.6 Å². The average molecular weight is 382 g/mol. The van der Waals surface area contributed by atoms with Crippen molar-refractivity contribution in [2.24, 2.45) is 5.10 Å². The molecule has 2 N–H and O–H groups in total. The topological polar surface area (TPSA) is 86.1 Å². The van der Waals surface area contributed by atoms with Crippen LogP contribution in [0.2, 0.25) is 0 Å². The van der Waals surface area contributed by atoms with Crippen LogP contribution in [0.3, 0.4) is 0 Å². The normalized spacial score (nSPS) is 16.9. The van der Waals surface area contributed by atoms with E-state index in [1.807, 2.05) is 6.07 Å². The van der Waals surface area contributed by atoms with Crippen LogP contribution in [0.1, 0.15) is 31.2 Å². The van der Waals surface area contributed by atoms with E-state index in [-0.39, 0.29) is 5.75 Å². The average Bonchev–Trinajstić information content (AvgIpc) is 3.43. The van der Waals surface area contributed by atoms with E-state index in [1.165, 1.54) is 32.8 Å². The van der Waals surface area contributed by atoms with E-state index < -0.39 is 0 Å². The summed E-state index contributed by atoms with van der Waals surface area (Å²) in [6, 6.07) is 7.04. The van der Waals surface area contributed by atoms with Crippen molar-refractivity contribution in [2.45, 2.75) is 25.7 Å². The molecular formula is C20H26N6O2. The molecule has 8 heteroatoms. The number of phenolic OH excluding ortho intramolecular Hbond substituents is 1. The van der Waals surface area contributed by atoms with E-state index in [2.05, 4.69) is 25.3 Å². The minimum absolute atomic E-state index is 0.105. The number of phenols is 1. The van der Waals surface area contributed by atoms with E-state index in [9.17, 15) is 5.11 Å². The Morgan fingerprint density at radius 3 is 2.46 bits per heavy atom. The maximum atomic E-state index is 9.70. The number of hydrazone groups is 1. The van der Waals surface area contributed by atoms with E-state index in [4.69, 9.17) is 9.72 Å². The molecule has 0 radical (unpaired) electrons. The highest BCUT2D eigenvalue weighted by Gasteiger charge is 2.20. The molecule has 1 aromatic heterocycles. The first kappa shape index (κ1) is 18.3. The molecule has 0 bridgehead atoms. The van der Waals surface area contributed by atoms with Gasteiger partial charge in [-0.1, -0.05) is 0 Å². The molecule has 0 atom stereocenters. The highest BCUT2D eigenvalue weighted by atomic mass is 16.5. The third-order valence-electron chi connectivity index (χ3n) is 5.12. The van der Waals surface area contributed by atoms with Gasteiger partial charge in [0, 0.05) is 32.2 Å². The van der Waals surface area contributed by atoms with Crippen molar-refractivity contribution in [1.82, 2.24) is 9.97 Å². The molecule has 28 heavy (non-hydrogen) atoms. The van der Waals surface area contributed by atoms with Crippen molar-refractivity contribution in [2.75, 3.05) is 48.5 Å². The SMILES string of the molecule is COc1cc(C=NNc2cc(N3CCCC3)nc(N3CCCC3)n2)ccc1O. The van der Waals surface area contributed by atoms with Crippen LogP contribution in [-0.2, 0) is 0 Å². The Morgan fingerprint density at radius 1 is 1.04 bits per heavy atom. The summed E-state index contributed by atoms with van der Waals surface area (Å²) in [5, 5.41) is 14.0. The van der Waals surface area contributed by atoms with Gasteiger partial charge in [0.05, 0.1) is 13.3 Å². The number of anilines is 3. The van der Waals surface area contributed by atoms with E-state index in [0.29, 0.717) is 11.6 Å².